The Balaban J connectivity index is 2.21. The first-order valence-electron chi connectivity index (χ1n) is 4.60. The van der Waals surface area contributed by atoms with Crippen LogP contribution in [-0.2, 0) is 0 Å². The van der Waals surface area contributed by atoms with Crippen molar-refractivity contribution in [1.29, 1.82) is 5.41 Å². The van der Waals surface area contributed by atoms with Crippen molar-refractivity contribution in [3.63, 3.8) is 0 Å². The summed E-state index contributed by atoms with van der Waals surface area (Å²) in [6.07, 6.45) is 6.51. The highest BCUT2D eigenvalue weighted by molar-refractivity contribution is 5.56. The van der Waals surface area contributed by atoms with Gasteiger partial charge in [0.15, 0.2) is 0 Å². The Morgan fingerprint density at radius 3 is 3.00 bits per heavy atom. The molecule has 0 aromatic carbocycles. The standard InChI is InChI=1S/C9H18N2/c1-2-8(7-10)6-9-4-3-5-11-9/h7-11H,2-6H2,1H3/t8-,9?/m1/s1. The molecule has 0 spiro atoms. The molecule has 0 aromatic rings. The van der Waals surface area contributed by atoms with E-state index in [1.54, 1.807) is 6.21 Å². The smallest absolute Gasteiger partial charge is 0.00736 e. The summed E-state index contributed by atoms with van der Waals surface area (Å²) in [7, 11) is 0. The van der Waals surface area contributed by atoms with Crippen LogP contribution in [0.2, 0.25) is 0 Å². The van der Waals surface area contributed by atoms with Crippen LogP contribution >= 0.6 is 0 Å². The van der Waals surface area contributed by atoms with Gasteiger partial charge < -0.3 is 10.7 Å². The van der Waals surface area contributed by atoms with E-state index in [0.717, 1.165) is 6.42 Å². The second-order valence-corrected chi connectivity index (χ2v) is 3.36. The fraction of sp³-hybridized carbons (Fsp3) is 0.889. The number of rotatable bonds is 4. The lowest BCUT2D eigenvalue weighted by Gasteiger charge is -2.14. The van der Waals surface area contributed by atoms with Crippen LogP contribution in [0.4, 0.5) is 0 Å². The highest BCUT2D eigenvalue weighted by Gasteiger charge is 2.16. The summed E-state index contributed by atoms with van der Waals surface area (Å²) in [4.78, 5) is 0. The van der Waals surface area contributed by atoms with E-state index >= 15 is 0 Å². The van der Waals surface area contributed by atoms with Crippen molar-refractivity contribution in [2.24, 2.45) is 5.92 Å². The van der Waals surface area contributed by atoms with Crippen molar-refractivity contribution < 1.29 is 0 Å². The first kappa shape index (κ1) is 8.72. The number of hydrogen-bond donors (Lipinski definition) is 2. The molecular weight excluding hydrogens is 136 g/mol. The molecule has 0 aliphatic carbocycles. The van der Waals surface area contributed by atoms with Crippen LogP contribution in [0.15, 0.2) is 0 Å². The van der Waals surface area contributed by atoms with Crippen LogP contribution < -0.4 is 5.32 Å². The van der Waals surface area contributed by atoms with Gasteiger partial charge in [-0.3, -0.25) is 0 Å². The minimum Gasteiger partial charge on any atom is -0.314 e. The van der Waals surface area contributed by atoms with Gasteiger partial charge in [-0.05, 0) is 44.4 Å². The van der Waals surface area contributed by atoms with Crippen molar-refractivity contribution in [2.45, 2.75) is 38.6 Å². The van der Waals surface area contributed by atoms with E-state index in [1.165, 1.54) is 25.8 Å². The largest absolute Gasteiger partial charge is 0.314 e. The molecule has 1 aliphatic rings. The molecule has 1 unspecified atom stereocenters. The third kappa shape index (κ3) is 2.62. The van der Waals surface area contributed by atoms with Gasteiger partial charge in [-0.1, -0.05) is 6.92 Å². The molecule has 2 heteroatoms. The van der Waals surface area contributed by atoms with E-state index in [-0.39, 0.29) is 0 Å². The molecule has 1 heterocycles. The Labute approximate surface area is 68.9 Å². The monoisotopic (exact) mass is 154 g/mol. The highest BCUT2D eigenvalue weighted by Crippen LogP contribution is 2.15. The normalized spacial score (nSPS) is 26.8. The van der Waals surface area contributed by atoms with Gasteiger partial charge in [0.2, 0.25) is 0 Å². The first-order valence-corrected chi connectivity index (χ1v) is 4.60. The Hall–Kier alpha value is -0.370. The van der Waals surface area contributed by atoms with Gasteiger partial charge in [0.1, 0.15) is 0 Å². The second kappa shape index (κ2) is 4.50. The van der Waals surface area contributed by atoms with Crippen molar-refractivity contribution in [3.05, 3.63) is 0 Å². The molecule has 1 aliphatic heterocycles. The second-order valence-electron chi connectivity index (χ2n) is 3.36. The Morgan fingerprint density at radius 2 is 2.55 bits per heavy atom. The molecule has 0 aromatic heterocycles. The molecule has 1 saturated heterocycles. The van der Waals surface area contributed by atoms with E-state index in [0.29, 0.717) is 12.0 Å². The van der Waals surface area contributed by atoms with Gasteiger partial charge in [-0.25, -0.2) is 0 Å². The summed E-state index contributed by atoms with van der Waals surface area (Å²) < 4.78 is 0. The third-order valence-corrected chi connectivity index (χ3v) is 2.51. The van der Waals surface area contributed by atoms with E-state index in [2.05, 4.69) is 12.2 Å². The summed E-state index contributed by atoms with van der Waals surface area (Å²) in [5.74, 6) is 0.505. The van der Waals surface area contributed by atoms with E-state index in [4.69, 9.17) is 5.41 Å². The van der Waals surface area contributed by atoms with Crippen molar-refractivity contribution in [2.75, 3.05) is 6.54 Å². The molecule has 64 valence electrons. The van der Waals surface area contributed by atoms with Gasteiger partial charge in [0.25, 0.3) is 0 Å². The lowest BCUT2D eigenvalue weighted by molar-refractivity contribution is 0.483. The van der Waals surface area contributed by atoms with Crippen LogP contribution in [0.5, 0.6) is 0 Å². The third-order valence-electron chi connectivity index (χ3n) is 2.51. The van der Waals surface area contributed by atoms with Gasteiger partial charge in [-0.15, -0.1) is 0 Å². The fourth-order valence-electron chi connectivity index (χ4n) is 1.68. The van der Waals surface area contributed by atoms with Gasteiger partial charge in [-0.2, -0.15) is 0 Å². The van der Waals surface area contributed by atoms with Crippen LogP contribution in [0, 0.1) is 11.3 Å². The Kier molecular flexibility index (Phi) is 3.57. The molecule has 11 heavy (non-hydrogen) atoms. The maximum Gasteiger partial charge on any atom is 0.00736 e. The van der Waals surface area contributed by atoms with Gasteiger partial charge in [0.05, 0.1) is 0 Å². The van der Waals surface area contributed by atoms with E-state index in [1.807, 2.05) is 0 Å². The first-order chi connectivity index (χ1) is 5.36. The molecule has 1 rings (SSSR count). The lowest BCUT2D eigenvalue weighted by Crippen LogP contribution is -2.24. The SMILES string of the molecule is CC[C@@H](C=N)CC1CCCN1. The summed E-state index contributed by atoms with van der Waals surface area (Å²) in [6, 6.07) is 0.696. The predicted molar refractivity (Wildman–Crippen MR) is 48.2 cm³/mol. The molecule has 1 fully saturated rings. The van der Waals surface area contributed by atoms with Crippen molar-refractivity contribution in [3.8, 4) is 0 Å². The molecule has 2 nitrogen and oxygen atoms in total. The molecular formula is C9H18N2. The average Bonchev–Trinajstić information content (AvgIpc) is 2.52. The van der Waals surface area contributed by atoms with Gasteiger partial charge >= 0.3 is 0 Å². The summed E-state index contributed by atoms with van der Waals surface area (Å²) in [5, 5.41) is 10.6. The number of nitrogens with one attached hydrogen (secondary N) is 2. The molecule has 0 radical (unpaired) electrons. The average molecular weight is 154 g/mol. The zero-order valence-corrected chi connectivity index (χ0v) is 7.27. The molecule has 2 N–H and O–H groups in total. The predicted octanol–water partition coefficient (Wildman–Crippen LogP) is 1.80. The van der Waals surface area contributed by atoms with Crippen LogP contribution in [-0.4, -0.2) is 18.8 Å². The van der Waals surface area contributed by atoms with Crippen LogP contribution in [0.25, 0.3) is 0 Å². The molecule has 0 amide bonds. The summed E-state index contributed by atoms with van der Waals surface area (Å²) in [5.41, 5.74) is 0. The fourth-order valence-corrected chi connectivity index (χ4v) is 1.68. The van der Waals surface area contributed by atoms with Crippen molar-refractivity contribution in [1.82, 2.24) is 5.32 Å². The van der Waals surface area contributed by atoms with Gasteiger partial charge in [0, 0.05) is 6.04 Å². The zero-order chi connectivity index (χ0) is 8.10. The minimum absolute atomic E-state index is 0.505. The lowest BCUT2D eigenvalue weighted by atomic mass is 9.98. The quantitative estimate of drug-likeness (QED) is 0.595. The van der Waals surface area contributed by atoms with E-state index in [9.17, 15) is 0 Å². The zero-order valence-electron chi connectivity index (χ0n) is 7.27. The van der Waals surface area contributed by atoms with Crippen molar-refractivity contribution >= 4 is 6.21 Å². The summed E-state index contributed by atoms with van der Waals surface area (Å²) >= 11 is 0. The minimum atomic E-state index is 0.505. The van der Waals surface area contributed by atoms with E-state index < -0.39 is 0 Å². The maximum absolute atomic E-state index is 7.17. The molecule has 0 saturated carbocycles. The van der Waals surface area contributed by atoms with Crippen LogP contribution in [0.1, 0.15) is 32.6 Å². The maximum atomic E-state index is 7.17. The number of hydrogen-bond acceptors (Lipinski definition) is 2. The molecule has 2 atom stereocenters. The Bertz CT molecular complexity index is 117. The molecule has 0 bridgehead atoms. The summed E-state index contributed by atoms with van der Waals surface area (Å²) in [6.45, 7) is 3.34. The highest BCUT2D eigenvalue weighted by atomic mass is 14.9. The van der Waals surface area contributed by atoms with Crippen LogP contribution in [0.3, 0.4) is 0 Å². The topological polar surface area (TPSA) is 35.9 Å². The Morgan fingerprint density at radius 1 is 1.73 bits per heavy atom.